The summed E-state index contributed by atoms with van der Waals surface area (Å²) in [7, 11) is 0. The molecule has 0 bridgehead atoms. The number of carbonyl (C=O) groups excluding carboxylic acids is 2. The minimum absolute atomic E-state index is 0.0587. The molecule has 0 radical (unpaired) electrons. The van der Waals surface area contributed by atoms with E-state index in [4.69, 9.17) is 16.3 Å². The van der Waals surface area contributed by atoms with Crippen molar-refractivity contribution in [3.63, 3.8) is 0 Å². The van der Waals surface area contributed by atoms with Gasteiger partial charge >= 0.3 is 5.97 Å². The molecule has 2 N–H and O–H groups in total. The molecule has 1 aromatic carbocycles. The van der Waals surface area contributed by atoms with Crippen LogP contribution in [0.4, 0.5) is 24.7 Å². The quantitative estimate of drug-likeness (QED) is 0.507. The lowest BCUT2D eigenvalue weighted by Crippen LogP contribution is -2.51. The van der Waals surface area contributed by atoms with Crippen LogP contribution in [-0.4, -0.2) is 52.3 Å². The first kappa shape index (κ1) is 24.5. The highest BCUT2D eigenvalue weighted by molar-refractivity contribution is 6.38. The number of hydrogen-bond acceptors (Lipinski definition) is 7. The molecule has 2 aromatic heterocycles. The van der Waals surface area contributed by atoms with E-state index in [0.29, 0.717) is 6.07 Å². The zero-order chi connectivity index (χ0) is 25.6. The molecule has 3 heterocycles. The second-order valence-corrected chi connectivity index (χ2v) is 8.12. The number of aliphatic hydroxyl groups excluding tert-OH is 1. The first-order valence-electron chi connectivity index (χ1n) is 10.3. The second kappa shape index (κ2) is 9.19. The van der Waals surface area contributed by atoms with Crippen LogP contribution >= 0.6 is 11.6 Å². The smallest absolute Gasteiger partial charge is 0.343 e. The Labute approximate surface area is 200 Å². The Balaban J connectivity index is 2.09. The topological polar surface area (TPSA) is 114 Å². The number of nitrogens with one attached hydrogen (secondary N) is 1. The van der Waals surface area contributed by atoms with Crippen molar-refractivity contribution < 1.29 is 32.6 Å². The molecule has 1 amide bonds. The average Bonchev–Trinajstić information content (AvgIpc) is 2.75. The van der Waals surface area contributed by atoms with Gasteiger partial charge in [0.15, 0.2) is 23.3 Å². The van der Waals surface area contributed by atoms with Crippen LogP contribution in [0.1, 0.15) is 24.2 Å². The van der Waals surface area contributed by atoms with Crippen LogP contribution in [0.3, 0.4) is 0 Å². The monoisotopic (exact) mass is 510 g/mol. The fraction of sp³-hybridized carbons (Fsp3) is 0.273. The van der Waals surface area contributed by atoms with Crippen molar-refractivity contribution in [3.05, 3.63) is 56.6 Å². The number of pyridine rings is 2. The van der Waals surface area contributed by atoms with E-state index in [1.165, 1.54) is 11.8 Å². The molecule has 35 heavy (non-hydrogen) atoms. The van der Waals surface area contributed by atoms with Crippen molar-refractivity contribution in [2.45, 2.75) is 20.0 Å². The number of amides is 1. The van der Waals surface area contributed by atoms with Crippen LogP contribution in [-0.2, 0) is 9.53 Å². The molecule has 4 rings (SSSR count). The van der Waals surface area contributed by atoms with Gasteiger partial charge in [-0.2, -0.15) is 0 Å². The molecule has 1 fully saturated rings. The number of benzene rings is 1. The zero-order valence-corrected chi connectivity index (χ0v) is 19.1. The van der Waals surface area contributed by atoms with Gasteiger partial charge in [-0.1, -0.05) is 11.6 Å². The SMILES string of the molecule is CCOC(=O)c1cn(-c2nc(NC(C)=O)c(F)cc2F)c2c(Cl)c(N3CC(O)C3)c(F)cc2c1=O. The number of hydrogen-bond donors (Lipinski definition) is 2. The van der Waals surface area contributed by atoms with Gasteiger partial charge in [-0.3, -0.25) is 14.2 Å². The summed E-state index contributed by atoms with van der Waals surface area (Å²) in [5, 5.41) is 11.0. The first-order valence-corrected chi connectivity index (χ1v) is 10.7. The summed E-state index contributed by atoms with van der Waals surface area (Å²) in [5.74, 6) is -6.32. The van der Waals surface area contributed by atoms with E-state index in [1.54, 1.807) is 0 Å². The van der Waals surface area contributed by atoms with Crippen molar-refractivity contribution in [1.82, 2.24) is 9.55 Å². The number of anilines is 2. The largest absolute Gasteiger partial charge is 0.462 e. The Morgan fingerprint density at radius 3 is 2.51 bits per heavy atom. The molecule has 0 unspecified atom stereocenters. The van der Waals surface area contributed by atoms with Gasteiger partial charge in [-0.25, -0.2) is 22.9 Å². The van der Waals surface area contributed by atoms with E-state index in [9.17, 15) is 28.3 Å². The minimum Gasteiger partial charge on any atom is -0.462 e. The zero-order valence-electron chi connectivity index (χ0n) is 18.4. The Hall–Kier alpha value is -3.64. The third-order valence-electron chi connectivity index (χ3n) is 5.26. The number of β-amino-alcohol motifs (C(OH)–C–C–N with tert-alkyl or cyclic N) is 1. The Kier molecular flexibility index (Phi) is 6.43. The fourth-order valence-corrected chi connectivity index (χ4v) is 4.14. The van der Waals surface area contributed by atoms with E-state index in [1.807, 2.05) is 0 Å². The number of carbonyl (C=O) groups is 2. The number of esters is 1. The van der Waals surface area contributed by atoms with Gasteiger partial charge in [-0.05, 0) is 13.0 Å². The highest BCUT2D eigenvalue weighted by Crippen LogP contribution is 2.38. The predicted molar refractivity (Wildman–Crippen MR) is 121 cm³/mol. The standard InChI is InChI=1S/C22H18ClF3N4O5/c1-3-35-22(34)12-8-30(21-15(26)5-14(25)20(28-21)27-9(2)31)17-11(19(12)33)4-13(24)18(16(17)23)29-6-10(32)7-29/h4-5,8,10,32H,3,6-7H2,1-2H3,(H,27,28,31). The average molecular weight is 511 g/mol. The molecule has 1 aliphatic rings. The highest BCUT2D eigenvalue weighted by Gasteiger charge is 2.32. The Morgan fingerprint density at radius 2 is 1.91 bits per heavy atom. The molecule has 3 aromatic rings. The third-order valence-corrected chi connectivity index (χ3v) is 5.62. The maximum absolute atomic E-state index is 15.1. The van der Waals surface area contributed by atoms with Gasteiger partial charge in [0, 0.05) is 32.3 Å². The first-order chi connectivity index (χ1) is 16.5. The number of nitrogens with zero attached hydrogens (tertiary/aromatic N) is 3. The molecule has 0 atom stereocenters. The lowest BCUT2D eigenvalue weighted by Gasteiger charge is -2.38. The van der Waals surface area contributed by atoms with Gasteiger partial charge in [-0.15, -0.1) is 0 Å². The van der Waals surface area contributed by atoms with Crippen LogP contribution < -0.4 is 15.6 Å². The summed E-state index contributed by atoms with van der Waals surface area (Å²) in [6.07, 6.45) is 0.188. The lowest BCUT2D eigenvalue weighted by molar-refractivity contribution is -0.114. The van der Waals surface area contributed by atoms with Crippen LogP contribution in [0.5, 0.6) is 0 Å². The van der Waals surface area contributed by atoms with Crippen molar-refractivity contribution in [2.24, 2.45) is 0 Å². The second-order valence-electron chi connectivity index (χ2n) is 7.74. The van der Waals surface area contributed by atoms with Crippen molar-refractivity contribution in [2.75, 3.05) is 29.9 Å². The van der Waals surface area contributed by atoms with E-state index < -0.39 is 63.4 Å². The van der Waals surface area contributed by atoms with Crippen LogP contribution in [0, 0.1) is 17.5 Å². The summed E-state index contributed by atoms with van der Waals surface area (Å²) in [5.41, 5.74) is -1.90. The lowest BCUT2D eigenvalue weighted by atomic mass is 10.1. The molecule has 0 spiro atoms. The molecular weight excluding hydrogens is 493 g/mol. The number of fused-ring (bicyclic) bond motifs is 1. The number of halogens is 4. The van der Waals surface area contributed by atoms with Crippen molar-refractivity contribution in [1.29, 1.82) is 0 Å². The van der Waals surface area contributed by atoms with E-state index in [2.05, 4.69) is 10.3 Å². The van der Waals surface area contributed by atoms with Gasteiger partial charge in [0.2, 0.25) is 11.3 Å². The number of aromatic nitrogens is 2. The maximum atomic E-state index is 15.1. The third kappa shape index (κ3) is 4.30. The van der Waals surface area contributed by atoms with E-state index >= 15 is 4.39 Å². The fourth-order valence-electron chi connectivity index (χ4n) is 3.73. The molecule has 1 aliphatic heterocycles. The summed E-state index contributed by atoms with van der Waals surface area (Å²) in [6, 6.07) is 1.28. The normalized spacial score (nSPS) is 13.6. The molecule has 0 saturated carbocycles. The molecular formula is C22H18ClF3N4O5. The molecule has 0 aliphatic carbocycles. The van der Waals surface area contributed by atoms with Gasteiger partial charge in [0.25, 0.3) is 0 Å². The number of rotatable bonds is 5. The van der Waals surface area contributed by atoms with Crippen molar-refractivity contribution >= 4 is 45.9 Å². The van der Waals surface area contributed by atoms with Crippen molar-refractivity contribution in [3.8, 4) is 5.82 Å². The van der Waals surface area contributed by atoms with Crippen LogP contribution in [0.2, 0.25) is 5.02 Å². The van der Waals surface area contributed by atoms with E-state index in [-0.39, 0.29) is 35.9 Å². The molecule has 13 heteroatoms. The van der Waals surface area contributed by atoms with E-state index in [0.717, 1.165) is 23.8 Å². The van der Waals surface area contributed by atoms with Gasteiger partial charge in [0.1, 0.15) is 11.4 Å². The van der Waals surface area contributed by atoms with Gasteiger partial charge in [0.05, 0.1) is 34.3 Å². The Morgan fingerprint density at radius 1 is 1.23 bits per heavy atom. The summed E-state index contributed by atoms with van der Waals surface area (Å²) in [4.78, 5) is 42.2. The number of ether oxygens (including phenoxy) is 1. The summed E-state index contributed by atoms with van der Waals surface area (Å²) >= 11 is 6.50. The number of aliphatic hydroxyl groups is 1. The molecule has 1 saturated heterocycles. The Bertz CT molecular complexity index is 1440. The minimum atomic E-state index is -1.22. The summed E-state index contributed by atoms with van der Waals surface area (Å²) < 4.78 is 50.0. The predicted octanol–water partition coefficient (Wildman–Crippen LogP) is 2.77. The highest BCUT2D eigenvalue weighted by atomic mass is 35.5. The summed E-state index contributed by atoms with van der Waals surface area (Å²) in [6.45, 7) is 2.62. The maximum Gasteiger partial charge on any atom is 0.343 e. The van der Waals surface area contributed by atoms with Crippen LogP contribution in [0.25, 0.3) is 16.7 Å². The van der Waals surface area contributed by atoms with Crippen LogP contribution in [0.15, 0.2) is 23.1 Å². The van der Waals surface area contributed by atoms with Gasteiger partial charge < -0.3 is 20.1 Å². The molecule has 9 nitrogen and oxygen atoms in total. The molecule has 184 valence electrons.